The highest BCUT2D eigenvalue weighted by molar-refractivity contribution is 9.09. The third-order valence-corrected chi connectivity index (χ3v) is 3.29. The SMILES string of the molecule is CC(C)(C)OC(=O)N[C@H](CCBr)CC(=O)OCc1ccccc1. The molecule has 0 unspecified atom stereocenters. The van der Waals surface area contributed by atoms with E-state index in [1.807, 2.05) is 30.3 Å². The molecule has 1 N–H and O–H groups in total. The van der Waals surface area contributed by atoms with Crippen LogP contribution in [0.1, 0.15) is 39.2 Å². The molecule has 0 aromatic heterocycles. The van der Waals surface area contributed by atoms with Gasteiger partial charge < -0.3 is 14.8 Å². The van der Waals surface area contributed by atoms with Crippen LogP contribution in [0, 0.1) is 0 Å². The van der Waals surface area contributed by atoms with Gasteiger partial charge in [0.05, 0.1) is 6.42 Å². The lowest BCUT2D eigenvalue weighted by molar-refractivity contribution is -0.145. The van der Waals surface area contributed by atoms with Crippen molar-refractivity contribution in [2.45, 2.75) is 51.9 Å². The zero-order valence-electron chi connectivity index (χ0n) is 13.8. The van der Waals surface area contributed by atoms with Crippen LogP contribution in [-0.2, 0) is 20.9 Å². The van der Waals surface area contributed by atoms with Crippen molar-refractivity contribution in [3.8, 4) is 0 Å². The van der Waals surface area contributed by atoms with Crippen molar-refractivity contribution in [2.24, 2.45) is 0 Å². The molecule has 1 atom stereocenters. The third kappa shape index (κ3) is 9.23. The molecule has 1 aromatic rings. The van der Waals surface area contributed by atoms with Gasteiger partial charge in [-0.2, -0.15) is 0 Å². The molecule has 0 fully saturated rings. The Hall–Kier alpha value is -1.56. The van der Waals surface area contributed by atoms with Crippen LogP contribution in [0.4, 0.5) is 4.79 Å². The monoisotopic (exact) mass is 385 g/mol. The summed E-state index contributed by atoms with van der Waals surface area (Å²) >= 11 is 3.32. The Morgan fingerprint density at radius 3 is 2.43 bits per heavy atom. The average molecular weight is 386 g/mol. The van der Waals surface area contributed by atoms with E-state index in [-0.39, 0.29) is 25.0 Å². The van der Waals surface area contributed by atoms with E-state index in [0.29, 0.717) is 11.8 Å². The number of halogens is 1. The second kappa shape index (κ2) is 9.55. The molecular weight excluding hydrogens is 362 g/mol. The molecule has 0 spiro atoms. The van der Waals surface area contributed by atoms with Gasteiger partial charge in [-0.3, -0.25) is 4.79 Å². The number of hydrogen-bond donors (Lipinski definition) is 1. The van der Waals surface area contributed by atoms with Crippen LogP contribution in [0.25, 0.3) is 0 Å². The number of carbonyl (C=O) groups is 2. The van der Waals surface area contributed by atoms with Gasteiger partial charge in [-0.25, -0.2) is 4.79 Å². The largest absolute Gasteiger partial charge is 0.461 e. The molecule has 6 heteroatoms. The van der Waals surface area contributed by atoms with E-state index < -0.39 is 11.7 Å². The van der Waals surface area contributed by atoms with Crippen molar-refractivity contribution in [1.29, 1.82) is 0 Å². The smallest absolute Gasteiger partial charge is 0.407 e. The summed E-state index contributed by atoms with van der Waals surface area (Å²) in [5.41, 5.74) is 0.356. The summed E-state index contributed by atoms with van der Waals surface area (Å²) in [6.45, 7) is 5.60. The van der Waals surface area contributed by atoms with Gasteiger partial charge in [0.1, 0.15) is 12.2 Å². The molecule has 5 nitrogen and oxygen atoms in total. The van der Waals surface area contributed by atoms with E-state index >= 15 is 0 Å². The van der Waals surface area contributed by atoms with E-state index in [2.05, 4.69) is 21.2 Å². The number of benzene rings is 1. The van der Waals surface area contributed by atoms with Gasteiger partial charge in [0, 0.05) is 11.4 Å². The molecule has 128 valence electrons. The number of nitrogens with one attached hydrogen (secondary N) is 1. The molecular formula is C17H24BrNO4. The van der Waals surface area contributed by atoms with Crippen LogP contribution in [0.15, 0.2) is 30.3 Å². The number of rotatable bonds is 7. The normalized spacial score (nSPS) is 12.3. The minimum Gasteiger partial charge on any atom is -0.461 e. The van der Waals surface area contributed by atoms with Gasteiger partial charge in [-0.05, 0) is 32.8 Å². The second-order valence-electron chi connectivity index (χ2n) is 6.17. The average Bonchev–Trinajstić information content (AvgIpc) is 2.44. The van der Waals surface area contributed by atoms with Crippen molar-refractivity contribution in [2.75, 3.05) is 5.33 Å². The van der Waals surface area contributed by atoms with Gasteiger partial charge in [0.2, 0.25) is 0 Å². The Bertz CT molecular complexity index is 499. The zero-order chi connectivity index (χ0) is 17.3. The number of carbonyl (C=O) groups excluding carboxylic acids is 2. The highest BCUT2D eigenvalue weighted by Crippen LogP contribution is 2.10. The summed E-state index contributed by atoms with van der Waals surface area (Å²) in [6.07, 6.45) is 0.191. The second-order valence-corrected chi connectivity index (χ2v) is 6.96. The molecule has 0 bridgehead atoms. The minimum absolute atomic E-state index is 0.109. The van der Waals surface area contributed by atoms with Crippen LogP contribution >= 0.6 is 15.9 Å². The summed E-state index contributed by atoms with van der Waals surface area (Å²) in [5, 5.41) is 3.38. The van der Waals surface area contributed by atoms with Gasteiger partial charge in [-0.1, -0.05) is 46.3 Å². The molecule has 0 aliphatic heterocycles. The molecule has 0 saturated carbocycles. The Kier molecular flexibility index (Phi) is 8.09. The number of alkyl halides is 1. The maximum atomic E-state index is 11.9. The number of amides is 1. The molecule has 0 radical (unpaired) electrons. The van der Waals surface area contributed by atoms with E-state index in [4.69, 9.17) is 9.47 Å². The van der Waals surface area contributed by atoms with Crippen molar-refractivity contribution in [3.05, 3.63) is 35.9 Å². The molecule has 0 heterocycles. The third-order valence-electron chi connectivity index (χ3n) is 2.83. The van der Waals surface area contributed by atoms with Gasteiger partial charge in [-0.15, -0.1) is 0 Å². The summed E-state index contributed by atoms with van der Waals surface area (Å²) in [4.78, 5) is 23.7. The number of alkyl carbamates (subject to hydrolysis) is 1. The summed E-state index contributed by atoms with van der Waals surface area (Å²) in [7, 11) is 0. The summed E-state index contributed by atoms with van der Waals surface area (Å²) in [5.74, 6) is -0.351. The van der Waals surface area contributed by atoms with Crippen molar-refractivity contribution >= 4 is 28.0 Å². The first-order valence-electron chi connectivity index (χ1n) is 7.55. The fraction of sp³-hybridized carbons (Fsp3) is 0.529. The van der Waals surface area contributed by atoms with E-state index in [1.54, 1.807) is 20.8 Å². The molecule has 23 heavy (non-hydrogen) atoms. The zero-order valence-corrected chi connectivity index (χ0v) is 15.4. The van der Waals surface area contributed by atoms with Crippen LogP contribution in [-0.4, -0.2) is 29.0 Å². The van der Waals surface area contributed by atoms with E-state index in [9.17, 15) is 9.59 Å². The molecule has 0 aliphatic rings. The Labute approximate surface area is 145 Å². The molecule has 0 saturated heterocycles. The first kappa shape index (κ1) is 19.5. The van der Waals surface area contributed by atoms with Crippen LogP contribution in [0.5, 0.6) is 0 Å². The van der Waals surface area contributed by atoms with Crippen LogP contribution in [0.2, 0.25) is 0 Å². The number of hydrogen-bond acceptors (Lipinski definition) is 4. The topological polar surface area (TPSA) is 64.6 Å². The quantitative estimate of drug-likeness (QED) is 0.572. The molecule has 0 aliphatic carbocycles. The lowest BCUT2D eigenvalue weighted by Crippen LogP contribution is -2.40. The fourth-order valence-electron chi connectivity index (χ4n) is 1.83. The lowest BCUT2D eigenvalue weighted by atomic mass is 10.1. The van der Waals surface area contributed by atoms with Crippen molar-refractivity contribution < 1.29 is 19.1 Å². The Morgan fingerprint density at radius 2 is 1.87 bits per heavy atom. The standard InChI is InChI=1S/C17H24BrNO4/c1-17(2,3)23-16(21)19-14(9-10-18)11-15(20)22-12-13-7-5-4-6-8-13/h4-8,14H,9-12H2,1-3H3,(H,19,21)/t14-/m1/s1. The molecule has 1 amide bonds. The first-order chi connectivity index (χ1) is 10.8. The van der Waals surface area contributed by atoms with Gasteiger partial charge >= 0.3 is 12.1 Å². The van der Waals surface area contributed by atoms with Crippen molar-refractivity contribution in [1.82, 2.24) is 5.32 Å². The van der Waals surface area contributed by atoms with E-state index in [0.717, 1.165) is 5.56 Å². The summed E-state index contributed by atoms with van der Waals surface area (Å²) < 4.78 is 10.4. The van der Waals surface area contributed by atoms with E-state index in [1.165, 1.54) is 0 Å². The Morgan fingerprint density at radius 1 is 1.22 bits per heavy atom. The summed E-state index contributed by atoms with van der Waals surface area (Å²) in [6, 6.07) is 9.14. The van der Waals surface area contributed by atoms with Gasteiger partial charge in [0.25, 0.3) is 0 Å². The minimum atomic E-state index is -0.573. The fourth-order valence-corrected chi connectivity index (χ4v) is 2.38. The number of esters is 1. The highest BCUT2D eigenvalue weighted by atomic mass is 79.9. The maximum absolute atomic E-state index is 11.9. The molecule has 1 rings (SSSR count). The predicted octanol–water partition coefficient (Wildman–Crippen LogP) is 3.80. The number of ether oxygens (including phenoxy) is 2. The Balaban J connectivity index is 2.44. The van der Waals surface area contributed by atoms with Gasteiger partial charge in [0.15, 0.2) is 0 Å². The first-order valence-corrected chi connectivity index (χ1v) is 8.67. The maximum Gasteiger partial charge on any atom is 0.407 e. The van der Waals surface area contributed by atoms with Crippen LogP contribution in [0.3, 0.4) is 0 Å². The lowest BCUT2D eigenvalue weighted by Gasteiger charge is -2.23. The van der Waals surface area contributed by atoms with Crippen LogP contribution < -0.4 is 5.32 Å². The predicted molar refractivity (Wildman–Crippen MR) is 92.4 cm³/mol. The van der Waals surface area contributed by atoms with Crippen molar-refractivity contribution in [3.63, 3.8) is 0 Å². The molecule has 1 aromatic carbocycles. The highest BCUT2D eigenvalue weighted by Gasteiger charge is 2.21.